The van der Waals surface area contributed by atoms with E-state index in [4.69, 9.17) is 4.74 Å². The first-order valence-corrected chi connectivity index (χ1v) is 5.28. The van der Waals surface area contributed by atoms with Crippen LogP contribution in [0.4, 0.5) is 11.5 Å². The molecule has 17 heavy (non-hydrogen) atoms. The highest BCUT2D eigenvalue weighted by Crippen LogP contribution is 2.31. The Labute approximate surface area is 97.5 Å². The summed E-state index contributed by atoms with van der Waals surface area (Å²) in [6.45, 7) is 0. The molecular formula is C12H11N3O2. The Morgan fingerprint density at radius 2 is 2.29 bits per heavy atom. The monoisotopic (exact) mass is 229 g/mol. The fourth-order valence-corrected chi connectivity index (χ4v) is 1.97. The zero-order chi connectivity index (χ0) is 11.8. The molecule has 5 nitrogen and oxygen atoms in total. The number of ether oxygens (including phenoxy) is 1. The van der Waals surface area contributed by atoms with E-state index in [1.165, 1.54) is 6.33 Å². The second-order valence-electron chi connectivity index (χ2n) is 3.88. The van der Waals surface area contributed by atoms with E-state index in [0.717, 1.165) is 17.0 Å². The van der Waals surface area contributed by atoms with E-state index in [0.29, 0.717) is 17.8 Å². The summed E-state index contributed by atoms with van der Waals surface area (Å²) < 4.78 is 5.16. The van der Waals surface area contributed by atoms with Gasteiger partial charge in [0.25, 0.3) is 5.56 Å². The van der Waals surface area contributed by atoms with Gasteiger partial charge >= 0.3 is 0 Å². The third kappa shape index (κ3) is 1.56. The number of nitrogens with one attached hydrogen (secondary N) is 2. The van der Waals surface area contributed by atoms with Gasteiger partial charge in [0, 0.05) is 18.2 Å². The Hall–Kier alpha value is -2.30. The van der Waals surface area contributed by atoms with Crippen LogP contribution in [0.1, 0.15) is 11.1 Å². The van der Waals surface area contributed by atoms with E-state index in [-0.39, 0.29) is 5.56 Å². The Morgan fingerprint density at radius 3 is 3.12 bits per heavy atom. The number of aromatic nitrogens is 2. The summed E-state index contributed by atoms with van der Waals surface area (Å²) in [5, 5.41) is 3.14. The first kappa shape index (κ1) is 9.89. The average Bonchev–Trinajstić information content (AvgIpc) is 2.36. The maximum atomic E-state index is 11.6. The minimum Gasteiger partial charge on any atom is -0.497 e. The van der Waals surface area contributed by atoms with Gasteiger partial charge in [-0.25, -0.2) is 4.98 Å². The van der Waals surface area contributed by atoms with Crippen LogP contribution < -0.4 is 15.6 Å². The molecule has 0 amide bonds. The molecule has 86 valence electrons. The summed E-state index contributed by atoms with van der Waals surface area (Å²) in [4.78, 5) is 18.3. The lowest BCUT2D eigenvalue weighted by Gasteiger charge is -2.19. The van der Waals surface area contributed by atoms with Crippen LogP contribution in [0.25, 0.3) is 0 Å². The van der Waals surface area contributed by atoms with Crippen molar-refractivity contribution in [2.45, 2.75) is 6.42 Å². The zero-order valence-electron chi connectivity index (χ0n) is 9.28. The zero-order valence-corrected chi connectivity index (χ0v) is 9.28. The van der Waals surface area contributed by atoms with Crippen LogP contribution >= 0.6 is 0 Å². The van der Waals surface area contributed by atoms with E-state index in [1.807, 2.05) is 18.2 Å². The minimum atomic E-state index is -0.0935. The second kappa shape index (κ2) is 3.62. The van der Waals surface area contributed by atoms with Gasteiger partial charge in [0.1, 0.15) is 11.6 Å². The van der Waals surface area contributed by atoms with Gasteiger partial charge in [0.2, 0.25) is 0 Å². The fourth-order valence-electron chi connectivity index (χ4n) is 1.97. The Morgan fingerprint density at radius 1 is 1.41 bits per heavy atom. The Kier molecular flexibility index (Phi) is 2.11. The third-order valence-corrected chi connectivity index (χ3v) is 2.89. The van der Waals surface area contributed by atoms with Crippen molar-refractivity contribution in [3.63, 3.8) is 0 Å². The number of fused-ring (bicyclic) bond motifs is 2. The van der Waals surface area contributed by atoms with E-state index >= 15 is 0 Å². The molecule has 2 aromatic rings. The SMILES string of the molecule is COc1ccc2c(c1)Nc1nc[nH]c(=O)c1C2. The molecule has 1 aliphatic heterocycles. The van der Waals surface area contributed by atoms with E-state index < -0.39 is 0 Å². The molecule has 5 heteroatoms. The molecule has 0 aliphatic carbocycles. The average molecular weight is 229 g/mol. The molecular weight excluding hydrogens is 218 g/mol. The van der Waals surface area contributed by atoms with E-state index in [1.54, 1.807) is 7.11 Å². The first-order chi connectivity index (χ1) is 8.28. The molecule has 1 aromatic carbocycles. The molecule has 0 saturated heterocycles. The molecule has 1 aliphatic rings. The minimum absolute atomic E-state index is 0.0935. The number of methoxy groups -OCH3 is 1. The molecule has 0 bridgehead atoms. The van der Waals surface area contributed by atoms with Crippen molar-refractivity contribution in [1.29, 1.82) is 0 Å². The summed E-state index contributed by atoms with van der Waals surface area (Å²) >= 11 is 0. The molecule has 2 heterocycles. The standard InChI is InChI=1S/C12H11N3O2/c1-17-8-3-2-7-4-9-11(15-10(7)5-8)13-6-14-12(9)16/h2-3,5-6H,4H2,1H3,(H2,13,14,15,16). The number of anilines is 2. The van der Waals surface area contributed by atoms with Crippen molar-refractivity contribution in [2.75, 3.05) is 12.4 Å². The highest BCUT2D eigenvalue weighted by atomic mass is 16.5. The van der Waals surface area contributed by atoms with Crippen molar-refractivity contribution in [1.82, 2.24) is 9.97 Å². The normalized spacial score (nSPS) is 12.3. The van der Waals surface area contributed by atoms with Crippen LogP contribution in [0, 0.1) is 0 Å². The van der Waals surface area contributed by atoms with Gasteiger partial charge in [-0.15, -0.1) is 0 Å². The van der Waals surface area contributed by atoms with Gasteiger partial charge in [0.05, 0.1) is 19.0 Å². The molecule has 0 atom stereocenters. The molecule has 1 aromatic heterocycles. The Balaban J connectivity index is 2.11. The van der Waals surface area contributed by atoms with E-state index in [2.05, 4.69) is 15.3 Å². The number of hydrogen-bond donors (Lipinski definition) is 2. The highest BCUT2D eigenvalue weighted by Gasteiger charge is 2.18. The molecule has 0 fully saturated rings. The Bertz CT molecular complexity index is 634. The van der Waals surface area contributed by atoms with Gasteiger partial charge in [-0.2, -0.15) is 0 Å². The fraction of sp³-hybridized carbons (Fsp3) is 0.167. The molecule has 3 rings (SSSR count). The van der Waals surface area contributed by atoms with Crippen LogP contribution in [-0.4, -0.2) is 17.1 Å². The summed E-state index contributed by atoms with van der Waals surface area (Å²) in [6, 6.07) is 5.74. The van der Waals surface area contributed by atoms with Crippen LogP contribution in [0.3, 0.4) is 0 Å². The number of rotatable bonds is 1. The van der Waals surface area contributed by atoms with Gasteiger partial charge < -0.3 is 15.0 Å². The maximum Gasteiger partial charge on any atom is 0.256 e. The molecule has 0 radical (unpaired) electrons. The van der Waals surface area contributed by atoms with Crippen molar-refractivity contribution in [2.24, 2.45) is 0 Å². The van der Waals surface area contributed by atoms with Crippen LogP contribution in [0.2, 0.25) is 0 Å². The van der Waals surface area contributed by atoms with Gasteiger partial charge in [-0.1, -0.05) is 6.07 Å². The molecule has 0 saturated carbocycles. The predicted octanol–water partition coefficient (Wildman–Crippen LogP) is 1.43. The van der Waals surface area contributed by atoms with Crippen LogP contribution in [0.5, 0.6) is 5.75 Å². The highest BCUT2D eigenvalue weighted by molar-refractivity contribution is 5.69. The van der Waals surface area contributed by atoms with Crippen LogP contribution in [0.15, 0.2) is 29.3 Å². The molecule has 0 spiro atoms. The van der Waals surface area contributed by atoms with Crippen molar-refractivity contribution < 1.29 is 4.74 Å². The lowest BCUT2D eigenvalue weighted by Crippen LogP contribution is -2.20. The van der Waals surface area contributed by atoms with Crippen molar-refractivity contribution in [3.8, 4) is 5.75 Å². The number of hydrogen-bond acceptors (Lipinski definition) is 4. The lowest BCUT2D eigenvalue weighted by molar-refractivity contribution is 0.415. The lowest BCUT2D eigenvalue weighted by atomic mass is 10.0. The summed E-state index contributed by atoms with van der Waals surface area (Å²) in [6.07, 6.45) is 1.99. The summed E-state index contributed by atoms with van der Waals surface area (Å²) in [7, 11) is 1.63. The predicted molar refractivity (Wildman–Crippen MR) is 63.9 cm³/mol. The van der Waals surface area contributed by atoms with Gasteiger partial charge in [0.15, 0.2) is 0 Å². The maximum absolute atomic E-state index is 11.6. The number of aromatic amines is 1. The van der Waals surface area contributed by atoms with Crippen molar-refractivity contribution in [3.05, 3.63) is 46.0 Å². The third-order valence-electron chi connectivity index (χ3n) is 2.89. The number of benzene rings is 1. The quantitative estimate of drug-likeness (QED) is 0.662. The topological polar surface area (TPSA) is 67.0 Å². The van der Waals surface area contributed by atoms with Crippen LogP contribution in [-0.2, 0) is 6.42 Å². The van der Waals surface area contributed by atoms with Gasteiger partial charge in [-0.05, 0) is 11.6 Å². The van der Waals surface area contributed by atoms with Gasteiger partial charge in [-0.3, -0.25) is 4.79 Å². The largest absolute Gasteiger partial charge is 0.497 e. The second-order valence-corrected chi connectivity index (χ2v) is 3.88. The number of nitrogens with zero attached hydrogens (tertiary/aromatic N) is 1. The summed E-state index contributed by atoms with van der Waals surface area (Å²) in [5.74, 6) is 1.40. The molecule has 0 unspecified atom stereocenters. The smallest absolute Gasteiger partial charge is 0.256 e. The first-order valence-electron chi connectivity index (χ1n) is 5.28. The molecule has 2 N–H and O–H groups in total. The van der Waals surface area contributed by atoms with E-state index in [9.17, 15) is 4.79 Å². The summed E-state index contributed by atoms with van der Waals surface area (Å²) in [5.41, 5.74) is 2.58. The number of H-pyrrole nitrogens is 1. The van der Waals surface area contributed by atoms with Crippen molar-refractivity contribution >= 4 is 11.5 Å².